The number of morpholine rings is 1. The summed E-state index contributed by atoms with van der Waals surface area (Å²) in [5.74, 6) is -1.12. The van der Waals surface area contributed by atoms with Crippen LogP contribution >= 0.6 is 0 Å². The number of carbonyl (C=O) groups is 2. The molecule has 0 aromatic rings. The van der Waals surface area contributed by atoms with E-state index in [2.05, 4.69) is 13.2 Å². The van der Waals surface area contributed by atoms with E-state index in [1.807, 2.05) is 5.01 Å². The fraction of sp³-hybridized carbons (Fsp3) is 0.571. The molecule has 1 amide bonds. The van der Waals surface area contributed by atoms with Crippen molar-refractivity contribution in [3.8, 4) is 0 Å². The maximum Gasteiger partial charge on any atom is 0.330 e. The number of nitrogens with zero attached hydrogens (tertiary/aromatic N) is 2. The minimum atomic E-state index is -0.992. The summed E-state index contributed by atoms with van der Waals surface area (Å²) < 4.78 is 5.27. The van der Waals surface area contributed by atoms with E-state index in [1.54, 1.807) is 11.9 Å². The third-order valence-corrected chi connectivity index (χ3v) is 3.08. The summed E-state index contributed by atoms with van der Waals surface area (Å²) in [5.41, 5.74) is 0.628. The molecule has 0 bridgehead atoms. The summed E-state index contributed by atoms with van der Waals surface area (Å²) in [4.78, 5) is 22.9. The van der Waals surface area contributed by atoms with Crippen LogP contribution in [0.25, 0.3) is 0 Å². The molecule has 1 fully saturated rings. The Bertz CT molecular complexity index is 400. The Morgan fingerprint density at radius 1 is 1.30 bits per heavy atom. The molecular formula is C14H22N2O4. The lowest BCUT2D eigenvalue weighted by Gasteiger charge is -2.37. The molecule has 1 saturated heterocycles. The number of hydrogen-bond donors (Lipinski definition) is 1. The molecule has 20 heavy (non-hydrogen) atoms. The molecule has 1 heterocycles. The zero-order valence-corrected chi connectivity index (χ0v) is 11.9. The smallest absolute Gasteiger partial charge is 0.330 e. The Kier molecular flexibility index (Phi) is 6.41. The zero-order valence-electron chi connectivity index (χ0n) is 11.9. The minimum absolute atomic E-state index is 0.132. The van der Waals surface area contributed by atoms with E-state index in [-0.39, 0.29) is 11.5 Å². The Morgan fingerprint density at radius 2 is 1.90 bits per heavy atom. The lowest BCUT2D eigenvalue weighted by molar-refractivity contribution is -0.152. The van der Waals surface area contributed by atoms with Gasteiger partial charge in [0.15, 0.2) is 0 Å². The van der Waals surface area contributed by atoms with Crippen molar-refractivity contribution < 1.29 is 19.4 Å². The number of amides is 1. The third kappa shape index (κ3) is 4.79. The number of carboxylic acids is 1. The third-order valence-electron chi connectivity index (χ3n) is 3.08. The topological polar surface area (TPSA) is 70.1 Å². The van der Waals surface area contributed by atoms with Crippen LogP contribution in [-0.2, 0) is 14.3 Å². The quantitative estimate of drug-likeness (QED) is 0.707. The van der Waals surface area contributed by atoms with Crippen molar-refractivity contribution in [1.82, 2.24) is 10.0 Å². The van der Waals surface area contributed by atoms with Crippen LogP contribution in [0.3, 0.4) is 0 Å². The van der Waals surface area contributed by atoms with Gasteiger partial charge in [-0.15, -0.1) is 0 Å². The molecule has 6 nitrogen and oxygen atoms in total. The van der Waals surface area contributed by atoms with Crippen molar-refractivity contribution >= 4 is 11.9 Å². The average Bonchev–Trinajstić information content (AvgIpc) is 2.43. The van der Waals surface area contributed by atoms with Gasteiger partial charge in [0, 0.05) is 30.8 Å². The first-order chi connectivity index (χ1) is 9.43. The van der Waals surface area contributed by atoms with Gasteiger partial charge in [-0.1, -0.05) is 13.2 Å². The molecule has 1 aliphatic heterocycles. The standard InChI is InChI=1S/C14H22N2O4/c1-11(2)13(17)16(15-7-9-20-10-8-15)6-4-5-12(3)14(18)19/h1,3-10H2,2H3,(H,18,19). The van der Waals surface area contributed by atoms with Crippen molar-refractivity contribution in [2.24, 2.45) is 0 Å². The fourth-order valence-electron chi connectivity index (χ4n) is 1.94. The number of hydrazine groups is 1. The number of ether oxygens (including phenoxy) is 1. The molecule has 6 heteroatoms. The second-order valence-corrected chi connectivity index (χ2v) is 4.79. The molecule has 1 rings (SSSR count). The number of hydrogen-bond acceptors (Lipinski definition) is 4. The van der Waals surface area contributed by atoms with Gasteiger partial charge in [-0.05, 0) is 19.8 Å². The van der Waals surface area contributed by atoms with Crippen molar-refractivity contribution in [2.75, 3.05) is 32.8 Å². The summed E-state index contributed by atoms with van der Waals surface area (Å²) in [7, 11) is 0. The van der Waals surface area contributed by atoms with Crippen molar-refractivity contribution in [2.45, 2.75) is 19.8 Å². The molecule has 0 aromatic heterocycles. The molecule has 0 unspecified atom stereocenters. The molecule has 1 N–H and O–H groups in total. The summed E-state index contributed by atoms with van der Waals surface area (Å²) >= 11 is 0. The second kappa shape index (κ2) is 7.81. The normalized spacial score (nSPS) is 15.7. The van der Waals surface area contributed by atoms with Crippen molar-refractivity contribution in [3.05, 3.63) is 24.3 Å². The highest BCUT2D eigenvalue weighted by Gasteiger charge is 2.23. The van der Waals surface area contributed by atoms with Gasteiger partial charge < -0.3 is 9.84 Å². The van der Waals surface area contributed by atoms with Crippen LogP contribution in [0.4, 0.5) is 0 Å². The van der Waals surface area contributed by atoms with Gasteiger partial charge >= 0.3 is 5.97 Å². The SMILES string of the molecule is C=C(C)C(=O)N(CCCC(=C)C(=O)O)N1CCOCC1. The Hall–Kier alpha value is -1.66. The van der Waals surface area contributed by atoms with Crippen LogP contribution in [0.15, 0.2) is 24.3 Å². The Balaban J connectivity index is 2.58. The zero-order chi connectivity index (χ0) is 15.1. The van der Waals surface area contributed by atoms with Crippen molar-refractivity contribution in [3.63, 3.8) is 0 Å². The molecule has 0 spiro atoms. The highest BCUT2D eigenvalue weighted by atomic mass is 16.5. The Labute approximate surface area is 119 Å². The van der Waals surface area contributed by atoms with Gasteiger partial charge in [-0.3, -0.25) is 9.80 Å². The van der Waals surface area contributed by atoms with Crippen LogP contribution in [0.2, 0.25) is 0 Å². The first kappa shape index (κ1) is 16.4. The van der Waals surface area contributed by atoms with E-state index in [1.165, 1.54) is 0 Å². The summed E-state index contributed by atoms with van der Waals surface area (Å²) in [6, 6.07) is 0. The monoisotopic (exact) mass is 282 g/mol. The summed E-state index contributed by atoms with van der Waals surface area (Å²) in [6.07, 6.45) is 0.918. The van der Waals surface area contributed by atoms with Crippen LogP contribution in [0.1, 0.15) is 19.8 Å². The molecule has 0 saturated carbocycles. The Morgan fingerprint density at radius 3 is 2.40 bits per heavy atom. The van der Waals surface area contributed by atoms with Crippen molar-refractivity contribution in [1.29, 1.82) is 0 Å². The number of carbonyl (C=O) groups excluding carboxylic acids is 1. The van der Waals surface area contributed by atoms with Crippen LogP contribution in [-0.4, -0.2) is 59.8 Å². The minimum Gasteiger partial charge on any atom is -0.478 e. The van der Waals surface area contributed by atoms with Gasteiger partial charge in [-0.25, -0.2) is 9.80 Å². The van der Waals surface area contributed by atoms with E-state index in [9.17, 15) is 9.59 Å². The molecule has 112 valence electrons. The van der Waals surface area contributed by atoms with E-state index in [0.717, 1.165) is 0 Å². The summed E-state index contributed by atoms with van der Waals surface area (Å²) in [6.45, 7) is 11.8. The highest BCUT2D eigenvalue weighted by molar-refractivity contribution is 5.91. The van der Waals surface area contributed by atoms with Gasteiger partial charge in [0.2, 0.25) is 0 Å². The molecule has 0 aliphatic carbocycles. The summed E-state index contributed by atoms with van der Waals surface area (Å²) in [5, 5.41) is 12.3. The number of rotatable bonds is 7. The lowest BCUT2D eigenvalue weighted by Crippen LogP contribution is -2.52. The highest BCUT2D eigenvalue weighted by Crippen LogP contribution is 2.11. The van der Waals surface area contributed by atoms with E-state index >= 15 is 0 Å². The first-order valence-corrected chi connectivity index (χ1v) is 6.64. The predicted molar refractivity (Wildman–Crippen MR) is 74.9 cm³/mol. The van der Waals surface area contributed by atoms with E-state index < -0.39 is 5.97 Å². The van der Waals surface area contributed by atoms with E-state index in [4.69, 9.17) is 9.84 Å². The van der Waals surface area contributed by atoms with E-state index in [0.29, 0.717) is 51.3 Å². The van der Waals surface area contributed by atoms with Crippen LogP contribution < -0.4 is 0 Å². The molecule has 0 aromatic carbocycles. The fourth-order valence-corrected chi connectivity index (χ4v) is 1.94. The van der Waals surface area contributed by atoms with Crippen LogP contribution in [0.5, 0.6) is 0 Å². The van der Waals surface area contributed by atoms with Gasteiger partial charge in [0.25, 0.3) is 5.91 Å². The average molecular weight is 282 g/mol. The maximum absolute atomic E-state index is 12.2. The second-order valence-electron chi connectivity index (χ2n) is 4.79. The molecular weight excluding hydrogens is 260 g/mol. The maximum atomic E-state index is 12.2. The van der Waals surface area contributed by atoms with Gasteiger partial charge in [-0.2, -0.15) is 0 Å². The predicted octanol–water partition coefficient (Wildman–Crippen LogP) is 1.06. The largest absolute Gasteiger partial charge is 0.478 e. The van der Waals surface area contributed by atoms with Gasteiger partial charge in [0.1, 0.15) is 0 Å². The lowest BCUT2D eigenvalue weighted by atomic mass is 10.1. The molecule has 1 aliphatic rings. The van der Waals surface area contributed by atoms with Crippen LogP contribution in [0, 0.1) is 0 Å². The van der Waals surface area contributed by atoms with Gasteiger partial charge in [0.05, 0.1) is 13.2 Å². The first-order valence-electron chi connectivity index (χ1n) is 6.64. The number of carboxylic acid groups (broad SMARTS) is 1. The molecule has 0 radical (unpaired) electrons. The molecule has 0 atom stereocenters. The number of aliphatic carboxylic acids is 1.